The highest BCUT2D eigenvalue weighted by Crippen LogP contribution is 2.32. The number of hydrogen-bond donors (Lipinski definition) is 3. The third-order valence-electron chi connectivity index (χ3n) is 3.40. The number of nitrogens with one attached hydrogen (secondary N) is 2. The molecule has 3 N–H and O–H groups in total. The van der Waals surface area contributed by atoms with E-state index < -0.39 is 16.2 Å². The molecule has 1 unspecified atom stereocenters. The van der Waals surface area contributed by atoms with Gasteiger partial charge in [0.15, 0.2) is 0 Å². The van der Waals surface area contributed by atoms with Crippen molar-refractivity contribution in [1.82, 2.24) is 9.44 Å². The summed E-state index contributed by atoms with van der Waals surface area (Å²) in [5, 5.41) is 8.78. The molecule has 1 atom stereocenters. The minimum atomic E-state index is -3.47. The van der Waals surface area contributed by atoms with Crippen molar-refractivity contribution >= 4 is 16.2 Å². The van der Waals surface area contributed by atoms with Crippen LogP contribution in [0, 0.1) is 17.3 Å². The quantitative estimate of drug-likeness (QED) is 0.573. The Morgan fingerprint density at radius 2 is 1.71 bits per heavy atom. The van der Waals surface area contributed by atoms with Gasteiger partial charge in [0.05, 0.1) is 0 Å². The lowest BCUT2D eigenvalue weighted by molar-refractivity contribution is -0.137. The van der Waals surface area contributed by atoms with Crippen molar-refractivity contribution in [3.05, 3.63) is 0 Å². The van der Waals surface area contributed by atoms with Gasteiger partial charge in [-0.15, -0.1) is 0 Å². The Labute approximate surface area is 128 Å². The maximum Gasteiger partial charge on any atom is 0.303 e. The first kappa shape index (κ1) is 20.3. The van der Waals surface area contributed by atoms with Crippen LogP contribution in [0.25, 0.3) is 0 Å². The molecular weight excluding hydrogens is 292 g/mol. The van der Waals surface area contributed by atoms with Crippen LogP contribution < -0.4 is 9.44 Å². The second-order valence-electron chi connectivity index (χ2n) is 6.92. The van der Waals surface area contributed by atoms with Crippen LogP contribution in [-0.4, -0.2) is 32.6 Å². The van der Waals surface area contributed by atoms with Crippen LogP contribution in [0.5, 0.6) is 0 Å². The molecule has 0 aliphatic rings. The molecule has 7 heteroatoms. The zero-order valence-electron chi connectivity index (χ0n) is 13.8. The van der Waals surface area contributed by atoms with Gasteiger partial charge in [-0.25, -0.2) is 9.44 Å². The Hall–Kier alpha value is -0.660. The molecule has 0 aliphatic carbocycles. The van der Waals surface area contributed by atoms with Gasteiger partial charge in [0.25, 0.3) is 10.2 Å². The Morgan fingerprint density at radius 3 is 2.14 bits per heavy atom. The van der Waals surface area contributed by atoms with Crippen LogP contribution in [0.3, 0.4) is 0 Å². The van der Waals surface area contributed by atoms with E-state index in [0.29, 0.717) is 25.9 Å². The standard InChI is InChI=1S/C14H30N2O4S/c1-11(2)10-16-21(19,20)15-9-8-12(14(3,4)5)6-7-13(17)18/h11-12,15-16H,6-10H2,1-5H3,(H,17,18). The highest BCUT2D eigenvalue weighted by atomic mass is 32.2. The minimum absolute atomic E-state index is 0.0494. The van der Waals surface area contributed by atoms with Gasteiger partial charge in [0.1, 0.15) is 0 Å². The van der Waals surface area contributed by atoms with Gasteiger partial charge in [0.2, 0.25) is 0 Å². The summed E-state index contributed by atoms with van der Waals surface area (Å²) in [5.74, 6) is -0.413. The number of rotatable bonds is 10. The monoisotopic (exact) mass is 322 g/mol. The fraction of sp³-hybridized carbons (Fsp3) is 0.929. The summed E-state index contributed by atoms with van der Waals surface area (Å²) >= 11 is 0. The van der Waals surface area contributed by atoms with Crippen LogP contribution in [0.1, 0.15) is 53.9 Å². The SMILES string of the molecule is CC(C)CNS(=O)(=O)NCCC(CCC(=O)O)C(C)(C)C. The van der Waals surface area contributed by atoms with Crippen molar-refractivity contribution in [3.8, 4) is 0 Å². The van der Waals surface area contributed by atoms with E-state index in [1.165, 1.54) is 0 Å². The van der Waals surface area contributed by atoms with Gasteiger partial charge < -0.3 is 5.11 Å². The molecule has 126 valence electrons. The number of carboxylic acids is 1. The van der Waals surface area contributed by atoms with Crippen molar-refractivity contribution in [2.24, 2.45) is 17.3 Å². The lowest BCUT2D eigenvalue weighted by Crippen LogP contribution is -2.39. The van der Waals surface area contributed by atoms with Crippen molar-refractivity contribution in [2.75, 3.05) is 13.1 Å². The molecule has 0 radical (unpaired) electrons. The summed E-state index contributed by atoms with van der Waals surface area (Å²) in [6, 6.07) is 0. The maximum atomic E-state index is 11.7. The predicted octanol–water partition coefficient (Wildman–Crippen LogP) is 1.98. The fourth-order valence-electron chi connectivity index (χ4n) is 2.00. The Balaban J connectivity index is 4.33. The first-order valence-corrected chi connectivity index (χ1v) is 8.88. The van der Waals surface area contributed by atoms with Crippen LogP contribution in [0.4, 0.5) is 0 Å². The molecule has 0 saturated heterocycles. The number of carbonyl (C=O) groups is 1. The molecule has 0 spiro atoms. The van der Waals surface area contributed by atoms with Crippen LogP contribution in [0.2, 0.25) is 0 Å². The average Bonchev–Trinajstić information content (AvgIpc) is 2.29. The summed E-state index contributed by atoms with van der Waals surface area (Å²) in [4.78, 5) is 10.7. The summed E-state index contributed by atoms with van der Waals surface area (Å²) in [6.07, 6.45) is 1.29. The normalized spacial score (nSPS) is 14.4. The fourth-order valence-corrected chi connectivity index (χ4v) is 3.04. The predicted molar refractivity (Wildman–Crippen MR) is 84.2 cm³/mol. The van der Waals surface area contributed by atoms with Gasteiger partial charge in [-0.05, 0) is 30.1 Å². The molecule has 0 amide bonds. The van der Waals surface area contributed by atoms with E-state index in [1.807, 2.05) is 34.6 Å². The molecule has 0 aliphatic heterocycles. The van der Waals surface area contributed by atoms with Gasteiger partial charge in [-0.1, -0.05) is 34.6 Å². The van der Waals surface area contributed by atoms with E-state index >= 15 is 0 Å². The van der Waals surface area contributed by atoms with Crippen LogP contribution in [0.15, 0.2) is 0 Å². The Kier molecular flexibility index (Phi) is 8.43. The highest BCUT2D eigenvalue weighted by molar-refractivity contribution is 7.87. The third kappa shape index (κ3) is 10.7. The topological polar surface area (TPSA) is 95.5 Å². The number of aliphatic carboxylic acids is 1. The van der Waals surface area contributed by atoms with E-state index in [9.17, 15) is 13.2 Å². The van der Waals surface area contributed by atoms with Crippen molar-refractivity contribution in [1.29, 1.82) is 0 Å². The molecule has 6 nitrogen and oxygen atoms in total. The highest BCUT2D eigenvalue weighted by Gasteiger charge is 2.25. The van der Waals surface area contributed by atoms with Gasteiger partial charge in [-0.3, -0.25) is 4.79 Å². The van der Waals surface area contributed by atoms with E-state index in [0.717, 1.165) is 0 Å². The van der Waals surface area contributed by atoms with Crippen LogP contribution in [-0.2, 0) is 15.0 Å². The molecule has 0 heterocycles. The number of hydrogen-bond acceptors (Lipinski definition) is 3. The average molecular weight is 322 g/mol. The van der Waals surface area contributed by atoms with Crippen molar-refractivity contribution in [2.45, 2.75) is 53.9 Å². The van der Waals surface area contributed by atoms with E-state index in [4.69, 9.17) is 5.11 Å². The zero-order valence-corrected chi connectivity index (χ0v) is 14.6. The summed E-state index contributed by atoms with van der Waals surface area (Å²) in [6.45, 7) is 10.7. The third-order valence-corrected chi connectivity index (χ3v) is 4.53. The molecule has 0 bridgehead atoms. The van der Waals surface area contributed by atoms with Gasteiger partial charge in [0, 0.05) is 19.5 Å². The molecule has 0 aromatic rings. The first-order valence-electron chi connectivity index (χ1n) is 7.40. The van der Waals surface area contributed by atoms with E-state index in [1.54, 1.807) is 0 Å². The molecule has 0 aromatic heterocycles. The minimum Gasteiger partial charge on any atom is -0.481 e. The zero-order chi connectivity index (χ0) is 16.7. The molecular formula is C14H30N2O4S. The van der Waals surface area contributed by atoms with Gasteiger partial charge >= 0.3 is 5.97 Å². The largest absolute Gasteiger partial charge is 0.481 e. The maximum absolute atomic E-state index is 11.7. The van der Waals surface area contributed by atoms with Crippen LogP contribution >= 0.6 is 0 Å². The molecule has 0 rings (SSSR count). The first-order chi connectivity index (χ1) is 9.44. The molecule has 0 fully saturated rings. The summed E-state index contributed by atoms with van der Waals surface area (Å²) in [5.41, 5.74) is -0.0494. The molecule has 21 heavy (non-hydrogen) atoms. The van der Waals surface area contributed by atoms with Crippen molar-refractivity contribution in [3.63, 3.8) is 0 Å². The van der Waals surface area contributed by atoms with Gasteiger partial charge in [-0.2, -0.15) is 8.42 Å². The number of carboxylic acid groups (broad SMARTS) is 1. The van der Waals surface area contributed by atoms with E-state index in [-0.39, 0.29) is 23.7 Å². The smallest absolute Gasteiger partial charge is 0.303 e. The summed E-state index contributed by atoms with van der Waals surface area (Å²) in [7, 11) is -3.47. The summed E-state index contributed by atoms with van der Waals surface area (Å²) < 4.78 is 28.4. The molecule has 0 saturated carbocycles. The Bertz CT molecular complexity index is 413. The van der Waals surface area contributed by atoms with Crippen molar-refractivity contribution < 1.29 is 18.3 Å². The lowest BCUT2D eigenvalue weighted by atomic mass is 9.76. The van der Waals surface area contributed by atoms with E-state index in [2.05, 4.69) is 9.44 Å². The molecule has 0 aromatic carbocycles. The lowest BCUT2D eigenvalue weighted by Gasteiger charge is -2.30. The Morgan fingerprint density at radius 1 is 1.14 bits per heavy atom. The second-order valence-corrected chi connectivity index (χ2v) is 8.51. The second kappa shape index (κ2) is 8.70.